The molecular formula is C17H17N5. The van der Waals surface area contributed by atoms with Crippen LogP contribution in [-0.4, -0.2) is 22.6 Å². The maximum Gasteiger partial charge on any atom is 0.0848 e. The summed E-state index contributed by atoms with van der Waals surface area (Å²) in [7, 11) is 0. The number of hydrazine groups is 1. The molecule has 2 atom stereocenters. The Morgan fingerprint density at radius 3 is 2.77 bits per heavy atom. The Balaban J connectivity index is 1.64. The van der Waals surface area contributed by atoms with Gasteiger partial charge in [-0.2, -0.15) is 0 Å². The van der Waals surface area contributed by atoms with E-state index in [1.165, 1.54) is 0 Å². The van der Waals surface area contributed by atoms with Gasteiger partial charge in [0.05, 0.1) is 23.3 Å². The first-order valence-electron chi connectivity index (χ1n) is 7.41. The second-order valence-electron chi connectivity index (χ2n) is 5.38. The van der Waals surface area contributed by atoms with Gasteiger partial charge in [-0.05, 0) is 24.3 Å². The van der Waals surface area contributed by atoms with Crippen LogP contribution in [0.2, 0.25) is 0 Å². The Kier molecular flexibility index (Phi) is 3.42. The normalized spacial score (nSPS) is 21.1. The first-order chi connectivity index (χ1) is 10.9. The minimum absolute atomic E-state index is 0.133. The molecule has 3 aromatic rings. The van der Waals surface area contributed by atoms with Crippen molar-refractivity contribution in [3.05, 3.63) is 66.6 Å². The number of pyridine rings is 2. The third-order valence-electron chi connectivity index (χ3n) is 3.98. The van der Waals surface area contributed by atoms with Crippen molar-refractivity contribution in [2.24, 2.45) is 0 Å². The van der Waals surface area contributed by atoms with Crippen molar-refractivity contribution in [2.45, 2.75) is 12.1 Å². The van der Waals surface area contributed by atoms with Crippen molar-refractivity contribution in [1.29, 1.82) is 0 Å². The molecule has 22 heavy (non-hydrogen) atoms. The lowest BCUT2D eigenvalue weighted by atomic mass is 10.1. The molecule has 3 heterocycles. The standard InChI is InChI=1S/C17H17N5/c1-2-6-13-12(5-1)14(8-10-19-13)21-16-11-20-22-17(16)15-7-3-4-9-18-15/h1-10,16-17,20,22H,11H2,(H,19,21). The van der Waals surface area contributed by atoms with E-state index in [2.05, 4.69) is 32.2 Å². The zero-order chi connectivity index (χ0) is 14.8. The molecule has 0 radical (unpaired) electrons. The largest absolute Gasteiger partial charge is 0.378 e. The summed E-state index contributed by atoms with van der Waals surface area (Å²) in [5.41, 5.74) is 9.65. The second kappa shape index (κ2) is 5.71. The lowest BCUT2D eigenvalue weighted by Gasteiger charge is -2.21. The molecule has 0 amide bonds. The van der Waals surface area contributed by atoms with Crippen LogP contribution in [0.15, 0.2) is 60.9 Å². The first kappa shape index (κ1) is 13.2. The topological polar surface area (TPSA) is 61.9 Å². The fraction of sp³-hybridized carbons (Fsp3) is 0.176. The molecule has 0 bridgehead atoms. The van der Waals surface area contributed by atoms with Crippen molar-refractivity contribution in [3.63, 3.8) is 0 Å². The molecule has 0 spiro atoms. The van der Waals surface area contributed by atoms with Gasteiger partial charge < -0.3 is 5.32 Å². The lowest BCUT2D eigenvalue weighted by molar-refractivity contribution is 0.551. The molecule has 4 rings (SSSR count). The van der Waals surface area contributed by atoms with Crippen LogP contribution in [0.3, 0.4) is 0 Å². The monoisotopic (exact) mass is 291 g/mol. The molecule has 5 nitrogen and oxygen atoms in total. The van der Waals surface area contributed by atoms with Crippen molar-refractivity contribution < 1.29 is 0 Å². The van der Waals surface area contributed by atoms with Gasteiger partial charge in [-0.25, -0.2) is 5.43 Å². The molecule has 3 N–H and O–H groups in total. The maximum absolute atomic E-state index is 4.46. The summed E-state index contributed by atoms with van der Waals surface area (Å²) < 4.78 is 0. The Hall–Kier alpha value is -2.50. The van der Waals surface area contributed by atoms with Gasteiger partial charge in [0.2, 0.25) is 0 Å². The van der Waals surface area contributed by atoms with E-state index >= 15 is 0 Å². The van der Waals surface area contributed by atoms with Gasteiger partial charge in [-0.3, -0.25) is 15.4 Å². The number of aromatic nitrogens is 2. The third-order valence-corrected chi connectivity index (χ3v) is 3.98. The highest BCUT2D eigenvalue weighted by Crippen LogP contribution is 2.25. The van der Waals surface area contributed by atoms with Gasteiger partial charge in [0, 0.05) is 30.0 Å². The molecule has 1 aliphatic heterocycles. The Labute approximate surface area is 128 Å². The summed E-state index contributed by atoms with van der Waals surface area (Å²) in [5, 5.41) is 4.76. The minimum Gasteiger partial charge on any atom is -0.378 e. The fourth-order valence-electron chi connectivity index (χ4n) is 2.89. The van der Waals surface area contributed by atoms with E-state index in [0.717, 1.165) is 28.8 Å². The zero-order valence-electron chi connectivity index (χ0n) is 12.0. The number of benzene rings is 1. The highest BCUT2D eigenvalue weighted by molar-refractivity contribution is 5.91. The molecule has 2 aromatic heterocycles. The quantitative estimate of drug-likeness (QED) is 0.691. The van der Waals surface area contributed by atoms with Gasteiger partial charge >= 0.3 is 0 Å². The Morgan fingerprint density at radius 2 is 1.86 bits per heavy atom. The number of hydrogen-bond donors (Lipinski definition) is 3. The summed E-state index contributed by atoms with van der Waals surface area (Å²) >= 11 is 0. The van der Waals surface area contributed by atoms with Crippen molar-refractivity contribution in [1.82, 2.24) is 20.8 Å². The van der Waals surface area contributed by atoms with Gasteiger partial charge in [0.15, 0.2) is 0 Å². The van der Waals surface area contributed by atoms with Crippen LogP contribution >= 0.6 is 0 Å². The number of hydrogen-bond acceptors (Lipinski definition) is 5. The number of nitrogens with one attached hydrogen (secondary N) is 3. The third kappa shape index (κ3) is 2.41. The average molecular weight is 291 g/mol. The smallest absolute Gasteiger partial charge is 0.0848 e. The van der Waals surface area contributed by atoms with Gasteiger partial charge in [0.1, 0.15) is 0 Å². The van der Waals surface area contributed by atoms with Crippen LogP contribution in [0, 0.1) is 0 Å². The predicted molar refractivity (Wildman–Crippen MR) is 87.3 cm³/mol. The molecule has 2 unspecified atom stereocenters. The summed E-state index contributed by atoms with van der Waals surface area (Å²) in [5.74, 6) is 0. The van der Waals surface area contributed by atoms with Crippen molar-refractivity contribution >= 4 is 16.6 Å². The molecule has 1 fully saturated rings. The molecule has 110 valence electrons. The van der Waals surface area contributed by atoms with E-state index in [-0.39, 0.29) is 12.1 Å². The van der Waals surface area contributed by atoms with E-state index in [4.69, 9.17) is 0 Å². The number of nitrogens with zero attached hydrogens (tertiary/aromatic N) is 2. The summed E-state index contributed by atoms with van der Waals surface area (Å²) in [4.78, 5) is 8.87. The number of rotatable bonds is 3. The molecule has 5 heteroatoms. The van der Waals surface area contributed by atoms with Crippen molar-refractivity contribution in [3.8, 4) is 0 Å². The second-order valence-corrected chi connectivity index (χ2v) is 5.38. The molecular weight excluding hydrogens is 274 g/mol. The van der Waals surface area contributed by atoms with Crippen molar-refractivity contribution in [2.75, 3.05) is 11.9 Å². The lowest BCUT2D eigenvalue weighted by Crippen LogP contribution is -2.30. The Bertz CT molecular complexity index is 769. The maximum atomic E-state index is 4.46. The average Bonchev–Trinajstić information content (AvgIpc) is 3.04. The predicted octanol–water partition coefficient (Wildman–Crippen LogP) is 2.26. The molecule has 1 saturated heterocycles. The molecule has 1 aromatic carbocycles. The highest BCUT2D eigenvalue weighted by atomic mass is 15.4. The highest BCUT2D eigenvalue weighted by Gasteiger charge is 2.29. The molecule has 0 aliphatic carbocycles. The van der Waals surface area contributed by atoms with E-state index < -0.39 is 0 Å². The van der Waals surface area contributed by atoms with E-state index in [9.17, 15) is 0 Å². The summed E-state index contributed by atoms with van der Waals surface area (Å²) in [6.45, 7) is 0.831. The van der Waals surface area contributed by atoms with Gasteiger partial charge in [-0.15, -0.1) is 0 Å². The summed E-state index contributed by atoms with van der Waals surface area (Å²) in [6, 6.07) is 16.5. The van der Waals surface area contributed by atoms with Crippen LogP contribution in [-0.2, 0) is 0 Å². The van der Waals surface area contributed by atoms with E-state index in [1.807, 2.05) is 54.9 Å². The fourth-order valence-corrected chi connectivity index (χ4v) is 2.89. The first-order valence-corrected chi connectivity index (χ1v) is 7.41. The number of para-hydroxylation sites is 1. The Morgan fingerprint density at radius 1 is 0.955 bits per heavy atom. The van der Waals surface area contributed by atoms with Crippen LogP contribution in [0.4, 0.5) is 5.69 Å². The van der Waals surface area contributed by atoms with Gasteiger partial charge in [0.25, 0.3) is 0 Å². The number of anilines is 1. The van der Waals surface area contributed by atoms with E-state index in [1.54, 1.807) is 0 Å². The van der Waals surface area contributed by atoms with Crippen LogP contribution < -0.4 is 16.2 Å². The van der Waals surface area contributed by atoms with Crippen LogP contribution in [0.25, 0.3) is 10.9 Å². The van der Waals surface area contributed by atoms with Gasteiger partial charge in [-0.1, -0.05) is 24.3 Å². The number of fused-ring (bicyclic) bond motifs is 1. The molecule has 0 saturated carbocycles. The minimum atomic E-state index is 0.133. The summed E-state index contributed by atoms with van der Waals surface area (Å²) in [6.07, 6.45) is 3.67. The SMILES string of the molecule is c1ccc(C2NNCC2Nc2ccnc3ccccc23)nc1. The van der Waals surface area contributed by atoms with Crippen LogP contribution in [0.1, 0.15) is 11.7 Å². The van der Waals surface area contributed by atoms with Crippen LogP contribution in [0.5, 0.6) is 0 Å². The molecule has 1 aliphatic rings. The van der Waals surface area contributed by atoms with E-state index in [0.29, 0.717) is 0 Å². The zero-order valence-corrected chi connectivity index (χ0v) is 12.0.